The van der Waals surface area contributed by atoms with Gasteiger partial charge in [0.05, 0.1) is 0 Å². The summed E-state index contributed by atoms with van der Waals surface area (Å²) in [5, 5.41) is 4.09. The number of anilines is 1. The average molecular weight is 272 g/mol. The first-order chi connectivity index (χ1) is 9.84. The molecule has 2 heterocycles. The Kier molecular flexibility index (Phi) is 3.97. The number of nitrogens with two attached hydrogens (primary N) is 1. The normalized spacial score (nSPS) is 17.8. The fourth-order valence-electron chi connectivity index (χ4n) is 2.56. The third kappa shape index (κ3) is 2.82. The van der Waals surface area contributed by atoms with Crippen LogP contribution in [0.2, 0.25) is 0 Å². The molecule has 0 aliphatic carbocycles. The lowest BCUT2D eigenvalue weighted by atomic mass is 10.1. The molecule has 1 aliphatic rings. The second-order valence-corrected chi connectivity index (χ2v) is 5.22. The average Bonchev–Trinajstić information content (AvgIpc) is 2.83. The number of benzene rings is 1. The van der Waals surface area contributed by atoms with Gasteiger partial charge in [0.1, 0.15) is 6.04 Å². The van der Waals surface area contributed by atoms with E-state index in [0.29, 0.717) is 11.8 Å². The van der Waals surface area contributed by atoms with Crippen LogP contribution in [0, 0.1) is 0 Å². The lowest BCUT2D eigenvalue weighted by Crippen LogP contribution is -2.25. The molecule has 1 fully saturated rings. The smallest absolute Gasteiger partial charge is 0.266 e. The monoisotopic (exact) mass is 272 g/mol. The highest BCUT2D eigenvalue weighted by molar-refractivity contribution is 5.30. The van der Waals surface area contributed by atoms with Crippen molar-refractivity contribution in [3.63, 3.8) is 0 Å². The van der Waals surface area contributed by atoms with Crippen molar-refractivity contribution in [2.75, 3.05) is 18.0 Å². The Balaban J connectivity index is 1.76. The maximum atomic E-state index is 6.18. The van der Waals surface area contributed by atoms with Gasteiger partial charge in [-0.05, 0) is 23.6 Å². The number of hydrogen-bond acceptors (Lipinski definition) is 5. The molecule has 0 spiro atoms. The van der Waals surface area contributed by atoms with Crippen LogP contribution in [0.15, 0.2) is 34.9 Å². The molecule has 0 saturated carbocycles. The van der Waals surface area contributed by atoms with Crippen LogP contribution in [-0.4, -0.2) is 23.2 Å². The van der Waals surface area contributed by atoms with E-state index in [2.05, 4.69) is 15.0 Å². The Morgan fingerprint density at radius 2 is 1.75 bits per heavy atom. The first-order valence-corrected chi connectivity index (χ1v) is 7.23. The van der Waals surface area contributed by atoms with Crippen molar-refractivity contribution >= 4 is 5.95 Å². The van der Waals surface area contributed by atoms with Gasteiger partial charge in [-0.15, -0.1) is 0 Å². The van der Waals surface area contributed by atoms with Gasteiger partial charge in [0.15, 0.2) is 0 Å². The predicted octanol–water partition coefficient (Wildman–Crippen LogP) is 2.50. The molecule has 1 aliphatic heterocycles. The van der Waals surface area contributed by atoms with Crippen LogP contribution in [-0.2, 0) is 0 Å². The van der Waals surface area contributed by atoms with Crippen molar-refractivity contribution in [1.29, 1.82) is 0 Å². The second-order valence-electron chi connectivity index (χ2n) is 5.22. The molecule has 1 saturated heterocycles. The zero-order valence-electron chi connectivity index (χ0n) is 11.5. The summed E-state index contributed by atoms with van der Waals surface area (Å²) in [4.78, 5) is 6.67. The SMILES string of the molecule is N[C@@H](c1ccccc1)c1nc(N2CCCCCC2)no1. The molecule has 2 N–H and O–H groups in total. The maximum absolute atomic E-state index is 6.18. The quantitative estimate of drug-likeness (QED) is 0.929. The minimum absolute atomic E-state index is 0.357. The van der Waals surface area contributed by atoms with Gasteiger partial charge in [-0.1, -0.05) is 43.2 Å². The Morgan fingerprint density at radius 1 is 1.05 bits per heavy atom. The first-order valence-electron chi connectivity index (χ1n) is 7.23. The summed E-state index contributed by atoms with van der Waals surface area (Å²) in [5.74, 6) is 1.16. The molecule has 0 amide bonds. The molecule has 0 unspecified atom stereocenters. The Bertz CT molecular complexity index is 532. The number of aromatic nitrogens is 2. The highest BCUT2D eigenvalue weighted by Crippen LogP contribution is 2.21. The molecule has 0 bridgehead atoms. The molecule has 5 nitrogen and oxygen atoms in total. The van der Waals surface area contributed by atoms with E-state index in [-0.39, 0.29) is 6.04 Å². The third-order valence-corrected chi connectivity index (χ3v) is 3.74. The molecule has 5 heteroatoms. The largest absolute Gasteiger partial charge is 0.338 e. The van der Waals surface area contributed by atoms with Crippen molar-refractivity contribution in [2.24, 2.45) is 5.73 Å². The van der Waals surface area contributed by atoms with Crippen LogP contribution >= 0.6 is 0 Å². The Labute approximate surface area is 118 Å². The van der Waals surface area contributed by atoms with Crippen LogP contribution in [0.1, 0.15) is 43.2 Å². The highest BCUT2D eigenvalue weighted by atomic mass is 16.5. The Hall–Kier alpha value is -1.88. The number of nitrogens with zero attached hydrogens (tertiary/aromatic N) is 3. The van der Waals surface area contributed by atoms with E-state index in [0.717, 1.165) is 18.7 Å². The minimum Gasteiger partial charge on any atom is -0.338 e. The van der Waals surface area contributed by atoms with E-state index in [9.17, 15) is 0 Å². The lowest BCUT2D eigenvalue weighted by Gasteiger charge is -2.16. The van der Waals surface area contributed by atoms with Gasteiger partial charge in [-0.3, -0.25) is 0 Å². The van der Waals surface area contributed by atoms with Gasteiger partial charge in [0.25, 0.3) is 5.95 Å². The second kappa shape index (κ2) is 6.05. The fraction of sp³-hybridized carbons (Fsp3) is 0.467. The molecular weight excluding hydrogens is 252 g/mol. The van der Waals surface area contributed by atoms with E-state index in [1.54, 1.807) is 0 Å². The van der Waals surface area contributed by atoms with E-state index in [4.69, 9.17) is 10.3 Å². The molecule has 20 heavy (non-hydrogen) atoms. The first kappa shape index (κ1) is 13.1. The highest BCUT2D eigenvalue weighted by Gasteiger charge is 2.20. The maximum Gasteiger partial charge on any atom is 0.266 e. The van der Waals surface area contributed by atoms with Gasteiger partial charge in [0, 0.05) is 13.1 Å². The van der Waals surface area contributed by atoms with Crippen LogP contribution in [0.5, 0.6) is 0 Å². The summed E-state index contributed by atoms with van der Waals surface area (Å²) < 4.78 is 5.35. The lowest BCUT2D eigenvalue weighted by molar-refractivity contribution is 0.366. The van der Waals surface area contributed by atoms with Crippen molar-refractivity contribution < 1.29 is 4.52 Å². The summed E-state index contributed by atoms with van der Waals surface area (Å²) in [7, 11) is 0. The molecular formula is C15H20N4O. The van der Waals surface area contributed by atoms with Crippen LogP contribution < -0.4 is 10.6 Å². The zero-order chi connectivity index (χ0) is 13.8. The van der Waals surface area contributed by atoms with E-state index in [1.807, 2.05) is 30.3 Å². The molecule has 3 rings (SSSR count). The summed E-state index contributed by atoms with van der Waals surface area (Å²) in [5.41, 5.74) is 7.16. The Morgan fingerprint density at radius 3 is 2.45 bits per heavy atom. The van der Waals surface area contributed by atoms with Crippen LogP contribution in [0.4, 0.5) is 5.95 Å². The van der Waals surface area contributed by atoms with Crippen molar-refractivity contribution in [3.8, 4) is 0 Å². The third-order valence-electron chi connectivity index (χ3n) is 3.74. The number of hydrogen-bond donors (Lipinski definition) is 1. The van der Waals surface area contributed by atoms with Gasteiger partial charge in [0.2, 0.25) is 5.89 Å². The summed E-state index contributed by atoms with van der Waals surface area (Å²) in [6.07, 6.45) is 4.94. The van der Waals surface area contributed by atoms with Gasteiger partial charge < -0.3 is 15.2 Å². The van der Waals surface area contributed by atoms with Gasteiger partial charge in [-0.2, -0.15) is 4.98 Å². The van der Waals surface area contributed by atoms with Crippen molar-refractivity contribution in [1.82, 2.24) is 10.1 Å². The van der Waals surface area contributed by atoms with Gasteiger partial charge >= 0.3 is 0 Å². The topological polar surface area (TPSA) is 68.2 Å². The molecule has 1 atom stereocenters. The molecule has 2 aromatic rings. The van der Waals surface area contributed by atoms with Gasteiger partial charge in [-0.25, -0.2) is 0 Å². The molecule has 1 aromatic heterocycles. The molecule has 106 valence electrons. The minimum atomic E-state index is -0.357. The summed E-state index contributed by atoms with van der Waals surface area (Å²) >= 11 is 0. The van der Waals surface area contributed by atoms with Crippen molar-refractivity contribution in [2.45, 2.75) is 31.7 Å². The van der Waals surface area contributed by atoms with Crippen LogP contribution in [0.25, 0.3) is 0 Å². The van der Waals surface area contributed by atoms with E-state index in [1.165, 1.54) is 25.7 Å². The summed E-state index contributed by atoms with van der Waals surface area (Å²) in [6.45, 7) is 2.00. The van der Waals surface area contributed by atoms with Crippen molar-refractivity contribution in [3.05, 3.63) is 41.8 Å². The number of rotatable bonds is 3. The van der Waals surface area contributed by atoms with Crippen LogP contribution in [0.3, 0.4) is 0 Å². The molecule has 0 radical (unpaired) electrons. The standard InChI is InChI=1S/C15H20N4O/c16-13(12-8-4-3-5-9-12)14-17-15(18-20-14)19-10-6-1-2-7-11-19/h3-5,8-9,13H,1-2,6-7,10-11,16H2/t13-/m0/s1. The molecule has 1 aromatic carbocycles. The van der Waals surface area contributed by atoms with E-state index >= 15 is 0 Å². The zero-order valence-corrected chi connectivity index (χ0v) is 11.5. The summed E-state index contributed by atoms with van der Waals surface area (Å²) in [6, 6.07) is 9.47. The van der Waals surface area contributed by atoms with E-state index < -0.39 is 0 Å². The predicted molar refractivity (Wildman–Crippen MR) is 77.5 cm³/mol. The fourth-order valence-corrected chi connectivity index (χ4v) is 2.56.